The van der Waals surface area contributed by atoms with E-state index in [0.29, 0.717) is 5.56 Å². The van der Waals surface area contributed by atoms with E-state index in [2.05, 4.69) is 5.10 Å². The molecule has 4 atom stereocenters. The van der Waals surface area contributed by atoms with Gasteiger partial charge >= 0.3 is 0 Å². The van der Waals surface area contributed by atoms with Crippen LogP contribution in [0.1, 0.15) is 39.9 Å². The molecule has 11 heteroatoms. The van der Waals surface area contributed by atoms with Crippen LogP contribution in [0.4, 0.5) is 11.4 Å². The summed E-state index contributed by atoms with van der Waals surface area (Å²) in [5.41, 5.74) is 2.06. The zero-order chi connectivity index (χ0) is 22.6. The topological polar surface area (TPSA) is 121 Å². The molecule has 0 amide bonds. The highest BCUT2D eigenvalue weighted by Crippen LogP contribution is 2.60. The molecule has 162 valence electrons. The maximum absolute atomic E-state index is 12.8. The number of rotatable bonds is 5. The van der Waals surface area contributed by atoms with Gasteiger partial charge in [0, 0.05) is 63.4 Å². The third-order valence-electron chi connectivity index (χ3n) is 5.96. The standard InChI is InChI=1S/C21H15ClN4O5S/c22-17-9-15-19-16(18(17)20(15)32-14-7-5-13(6-8-14)26(30)31)10-24(23-19)21(27)11-1-3-12(4-2-11)25(28)29/h1-8,10,15,17-18,20H,9H2/t15-,17+,18-,20+/m0/s1. The number of nitrogens with zero attached hydrogens (tertiary/aromatic N) is 4. The van der Waals surface area contributed by atoms with Gasteiger partial charge in [0.05, 0.1) is 15.5 Å². The van der Waals surface area contributed by atoms with Crippen LogP contribution in [0, 0.1) is 20.2 Å². The zero-order valence-electron chi connectivity index (χ0n) is 16.3. The van der Waals surface area contributed by atoms with Crippen molar-refractivity contribution >= 4 is 40.6 Å². The summed E-state index contributed by atoms with van der Waals surface area (Å²) in [4.78, 5) is 34.5. The number of hydrogen-bond donors (Lipinski definition) is 0. The molecule has 2 bridgehead atoms. The molecular formula is C21H15ClN4O5S. The molecule has 0 saturated heterocycles. The van der Waals surface area contributed by atoms with Crippen molar-refractivity contribution in [3.8, 4) is 0 Å². The fourth-order valence-corrected chi connectivity index (χ4v) is 6.55. The second kappa shape index (κ2) is 7.72. The molecule has 2 aromatic carbocycles. The quantitative estimate of drug-likeness (QED) is 0.300. The van der Waals surface area contributed by atoms with Crippen LogP contribution in [0.25, 0.3) is 0 Å². The molecule has 2 aliphatic rings. The lowest BCUT2D eigenvalue weighted by Crippen LogP contribution is -2.16. The van der Waals surface area contributed by atoms with Gasteiger partial charge in [0.25, 0.3) is 17.3 Å². The third-order valence-corrected chi connectivity index (χ3v) is 7.84. The third kappa shape index (κ3) is 3.35. The molecule has 1 heterocycles. The van der Waals surface area contributed by atoms with Crippen LogP contribution in [0.15, 0.2) is 59.6 Å². The second-order valence-electron chi connectivity index (χ2n) is 7.74. The minimum Gasteiger partial charge on any atom is -0.267 e. The van der Waals surface area contributed by atoms with Crippen LogP contribution in [0.5, 0.6) is 0 Å². The summed E-state index contributed by atoms with van der Waals surface area (Å²) in [6, 6.07) is 11.9. The lowest BCUT2D eigenvalue weighted by Gasteiger charge is -2.17. The number of carbonyl (C=O) groups excluding carboxylic acids is 1. The number of non-ortho nitro benzene ring substituents is 2. The van der Waals surface area contributed by atoms with E-state index in [1.54, 1.807) is 30.1 Å². The maximum Gasteiger partial charge on any atom is 0.278 e. The predicted molar refractivity (Wildman–Crippen MR) is 118 cm³/mol. The number of thioether (sulfide) groups is 1. The molecule has 0 spiro atoms. The molecule has 0 aliphatic heterocycles. The predicted octanol–water partition coefficient (Wildman–Crippen LogP) is 4.74. The summed E-state index contributed by atoms with van der Waals surface area (Å²) in [7, 11) is 0. The van der Waals surface area contributed by atoms with Gasteiger partial charge in [-0.05, 0) is 36.2 Å². The van der Waals surface area contributed by atoms with Crippen molar-refractivity contribution in [1.29, 1.82) is 0 Å². The van der Waals surface area contributed by atoms with Crippen LogP contribution < -0.4 is 0 Å². The summed E-state index contributed by atoms with van der Waals surface area (Å²) < 4.78 is 1.29. The molecule has 0 radical (unpaired) electrons. The van der Waals surface area contributed by atoms with Crippen molar-refractivity contribution in [2.24, 2.45) is 0 Å². The molecule has 9 nitrogen and oxygen atoms in total. The van der Waals surface area contributed by atoms with Gasteiger partial charge < -0.3 is 0 Å². The molecule has 1 fully saturated rings. The van der Waals surface area contributed by atoms with E-state index >= 15 is 0 Å². The molecule has 1 saturated carbocycles. The van der Waals surface area contributed by atoms with Crippen molar-refractivity contribution in [3.63, 3.8) is 0 Å². The first-order valence-corrected chi connectivity index (χ1v) is 11.1. The first kappa shape index (κ1) is 20.7. The Hall–Kier alpha value is -3.24. The first-order chi connectivity index (χ1) is 15.3. The largest absolute Gasteiger partial charge is 0.278 e. The van der Waals surface area contributed by atoms with E-state index < -0.39 is 9.85 Å². The van der Waals surface area contributed by atoms with E-state index in [1.807, 2.05) is 0 Å². The van der Waals surface area contributed by atoms with E-state index in [-0.39, 0.29) is 39.7 Å². The van der Waals surface area contributed by atoms with Crippen LogP contribution in [0.2, 0.25) is 0 Å². The highest BCUT2D eigenvalue weighted by molar-refractivity contribution is 8.00. The number of benzene rings is 2. The number of hydrogen-bond acceptors (Lipinski definition) is 7. The summed E-state index contributed by atoms with van der Waals surface area (Å²) in [5, 5.41) is 26.3. The molecule has 0 unspecified atom stereocenters. The van der Waals surface area contributed by atoms with Gasteiger partial charge in [-0.1, -0.05) is 0 Å². The zero-order valence-corrected chi connectivity index (χ0v) is 17.9. The lowest BCUT2D eigenvalue weighted by atomic mass is 9.98. The average molecular weight is 471 g/mol. The Morgan fingerprint density at radius 2 is 1.62 bits per heavy atom. The highest BCUT2D eigenvalue weighted by atomic mass is 35.5. The Balaban J connectivity index is 1.38. The fourth-order valence-electron chi connectivity index (χ4n) is 4.49. The summed E-state index contributed by atoms with van der Waals surface area (Å²) in [6.07, 6.45) is 2.45. The number of alkyl halides is 1. The minimum atomic E-state index is -0.516. The summed E-state index contributed by atoms with van der Waals surface area (Å²) in [6.45, 7) is 0. The van der Waals surface area contributed by atoms with Gasteiger partial charge in [-0.25, -0.2) is 4.68 Å². The Kier molecular flexibility index (Phi) is 4.98. The monoisotopic (exact) mass is 470 g/mol. The minimum absolute atomic E-state index is 0.00951. The van der Waals surface area contributed by atoms with Crippen LogP contribution in [-0.2, 0) is 0 Å². The number of nitro groups is 2. The van der Waals surface area contributed by atoms with Gasteiger partial charge in [0.1, 0.15) is 0 Å². The molecule has 2 aliphatic carbocycles. The van der Waals surface area contributed by atoms with E-state index in [1.165, 1.54) is 41.1 Å². The molecule has 0 N–H and O–H groups in total. The molecule has 32 heavy (non-hydrogen) atoms. The Morgan fingerprint density at radius 3 is 2.22 bits per heavy atom. The molecule has 5 rings (SSSR count). The van der Waals surface area contributed by atoms with E-state index in [9.17, 15) is 25.0 Å². The smallest absolute Gasteiger partial charge is 0.267 e. The van der Waals surface area contributed by atoms with Crippen molar-refractivity contribution in [2.75, 3.05) is 0 Å². The first-order valence-electron chi connectivity index (χ1n) is 9.77. The average Bonchev–Trinajstić information content (AvgIpc) is 3.42. The van der Waals surface area contributed by atoms with Gasteiger partial charge in [-0.15, -0.1) is 23.4 Å². The Morgan fingerprint density at radius 1 is 1.03 bits per heavy atom. The number of halogens is 1. The molecule has 3 aromatic rings. The number of fused-ring (bicyclic) bond motifs is 5. The van der Waals surface area contributed by atoms with Gasteiger partial charge in [-0.2, -0.15) is 5.10 Å². The SMILES string of the molecule is O=C(c1ccc([N+](=O)[O-])cc1)n1cc2c(n1)[C@@H]1C[C@@H](Cl)[C@H]2[C@@H]1Sc1ccc([N+](=O)[O-])cc1. The molecule has 1 aromatic heterocycles. The van der Waals surface area contributed by atoms with Crippen LogP contribution in [0.3, 0.4) is 0 Å². The normalized spacial score (nSPS) is 23.2. The Bertz CT molecular complexity index is 1240. The van der Waals surface area contributed by atoms with Crippen LogP contribution in [-0.4, -0.2) is 36.2 Å². The van der Waals surface area contributed by atoms with E-state index in [0.717, 1.165) is 22.6 Å². The number of nitro benzene ring substituents is 2. The van der Waals surface area contributed by atoms with Gasteiger partial charge in [-0.3, -0.25) is 25.0 Å². The number of carbonyl (C=O) groups is 1. The Labute approximate surface area is 190 Å². The number of aromatic nitrogens is 2. The van der Waals surface area contributed by atoms with Crippen LogP contribution >= 0.6 is 23.4 Å². The summed E-state index contributed by atoms with van der Waals surface area (Å²) >= 11 is 8.25. The van der Waals surface area contributed by atoms with Gasteiger partial charge in [0.15, 0.2) is 0 Å². The lowest BCUT2D eigenvalue weighted by molar-refractivity contribution is -0.385. The van der Waals surface area contributed by atoms with Crippen molar-refractivity contribution < 1.29 is 14.6 Å². The fraction of sp³-hybridized carbons (Fsp3) is 0.238. The van der Waals surface area contributed by atoms with Crippen molar-refractivity contribution in [3.05, 3.63) is 91.8 Å². The maximum atomic E-state index is 12.8. The van der Waals surface area contributed by atoms with Crippen molar-refractivity contribution in [1.82, 2.24) is 9.78 Å². The highest BCUT2D eigenvalue weighted by Gasteiger charge is 2.53. The van der Waals surface area contributed by atoms with Crippen molar-refractivity contribution in [2.45, 2.75) is 33.8 Å². The second-order valence-corrected chi connectivity index (χ2v) is 9.55. The van der Waals surface area contributed by atoms with E-state index in [4.69, 9.17) is 11.6 Å². The molecular weight excluding hydrogens is 456 g/mol. The van der Waals surface area contributed by atoms with Gasteiger partial charge in [0.2, 0.25) is 0 Å². The summed E-state index contributed by atoms with van der Waals surface area (Å²) in [5.74, 6) is -0.279.